The van der Waals surface area contributed by atoms with Gasteiger partial charge in [-0.05, 0) is 46.1 Å². The molecule has 2 N–H and O–H groups in total. The molecule has 0 bridgehead atoms. The van der Waals surface area contributed by atoms with Crippen molar-refractivity contribution in [1.82, 2.24) is 24.5 Å². The van der Waals surface area contributed by atoms with Crippen molar-refractivity contribution in [2.24, 2.45) is 11.7 Å². The number of thioether (sulfide) groups is 1. The number of likely N-dealkylation sites (tertiary alicyclic amines) is 1. The summed E-state index contributed by atoms with van der Waals surface area (Å²) in [4.78, 5) is 34.6. The van der Waals surface area contributed by atoms with Crippen molar-refractivity contribution in [3.05, 3.63) is 17.0 Å². The van der Waals surface area contributed by atoms with E-state index in [9.17, 15) is 9.59 Å². The summed E-state index contributed by atoms with van der Waals surface area (Å²) in [7, 11) is 0. The number of carbonyl (C=O) groups is 2. The molecule has 2 amide bonds. The lowest BCUT2D eigenvalue weighted by atomic mass is 9.96. The van der Waals surface area contributed by atoms with Gasteiger partial charge in [0.25, 0.3) is 5.78 Å². The molecule has 140 valence electrons. The fourth-order valence-electron chi connectivity index (χ4n) is 3.14. The van der Waals surface area contributed by atoms with Crippen LogP contribution in [0.3, 0.4) is 0 Å². The minimum Gasteiger partial charge on any atom is -0.369 e. The molecule has 0 aromatic carbocycles. The van der Waals surface area contributed by atoms with Gasteiger partial charge in [0.05, 0.1) is 5.25 Å². The van der Waals surface area contributed by atoms with Crippen LogP contribution in [0.2, 0.25) is 0 Å². The van der Waals surface area contributed by atoms with Gasteiger partial charge < -0.3 is 10.6 Å². The zero-order valence-electron chi connectivity index (χ0n) is 15.5. The Kier molecular flexibility index (Phi) is 5.17. The predicted molar refractivity (Wildman–Crippen MR) is 98.8 cm³/mol. The van der Waals surface area contributed by atoms with Crippen molar-refractivity contribution < 1.29 is 9.59 Å². The number of nitrogens with zero attached hydrogens (tertiary/aromatic N) is 5. The van der Waals surface area contributed by atoms with Gasteiger partial charge in [0, 0.05) is 30.4 Å². The Balaban J connectivity index is 1.69. The number of nitrogens with two attached hydrogens (primary N) is 1. The molecule has 2 aromatic rings. The van der Waals surface area contributed by atoms with Crippen LogP contribution >= 0.6 is 11.8 Å². The maximum atomic E-state index is 12.7. The highest BCUT2D eigenvalue weighted by Crippen LogP contribution is 2.25. The average Bonchev–Trinajstić information content (AvgIpc) is 3.01. The maximum Gasteiger partial charge on any atom is 0.253 e. The number of hydrogen-bond acceptors (Lipinski definition) is 6. The van der Waals surface area contributed by atoms with E-state index in [2.05, 4.69) is 15.1 Å². The zero-order valence-corrected chi connectivity index (χ0v) is 16.3. The van der Waals surface area contributed by atoms with Crippen LogP contribution in [0.15, 0.2) is 5.16 Å². The monoisotopic (exact) mass is 376 g/mol. The van der Waals surface area contributed by atoms with Crippen LogP contribution < -0.4 is 5.73 Å². The van der Waals surface area contributed by atoms with E-state index in [1.807, 2.05) is 27.7 Å². The molecule has 0 radical (unpaired) electrons. The summed E-state index contributed by atoms with van der Waals surface area (Å²) in [5.74, 6) is 0.188. The van der Waals surface area contributed by atoms with E-state index in [1.54, 1.807) is 9.42 Å². The summed E-state index contributed by atoms with van der Waals surface area (Å²) < 4.78 is 1.72. The molecule has 1 fully saturated rings. The number of amides is 2. The highest BCUT2D eigenvalue weighted by atomic mass is 32.2. The third kappa shape index (κ3) is 3.53. The lowest BCUT2D eigenvalue weighted by Gasteiger charge is -2.32. The van der Waals surface area contributed by atoms with Gasteiger partial charge in [-0.15, -0.1) is 5.10 Å². The SMILES string of the molecule is Cc1nc2nc(SC(C)C(=O)N3CCC(C(N)=O)CC3)nn2c(C)c1C. The van der Waals surface area contributed by atoms with Gasteiger partial charge in [-0.25, -0.2) is 9.50 Å². The van der Waals surface area contributed by atoms with Gasteiger partial charge in [0.15, 0.2) is 0 Å². The fraction of sp³-hybridized carbons (Fsp3) is 0.588. The second kappa shape index (κ2) is 7.22. The van der Waals surface area contributed by atoms with Crippen molar-refractivity contribution in [2.45, 2.75) is 50.9 Å². The van der Waals surface area contributed by atoms with Crippen molar-refractivity contribution in [3.8, 4) is 0 Å². The lowest BCUT2D eigenvalue weighted by Crippen LogP contribution is -2.44. The largest absolute Gasteiger partial charge is 0.369 e. The first-order valence-electron chi connectivity index (χ1n) is 8.73. The van der Waals surface area contributed by atoms with E-state index in [-0.39, 0.29) is 23.0 Å². The highest BCUT2D eigenvalue weighted by molar-refractivity contribution is 8.00. The molecule has 1 aliphatic heterocycles. The molecule has 1 unspecified atom stereocenters. The van der Waals surface area contributed by atoms with Crippen LogP contribution in [0.5, 0.6) is 0 Å². The molecule has 8 nitrogen and oxygen atoms in total. The van der Waals surface area contributed by atoms with Crippen molar-refractivity contribution >= 4 is 29.4 Å². The van der Waals surface area contributed by atoms with E-state index in [4.69, 9.17) is 5.73 Å². The Hall–Kier alpha value is -2.16. The molecule has 3 rings (SSSR count). The number of fused-ring (bicyclic) bond motifs is 1. The van der Waals surface area contributed by atoms with Crippen molar-refractivity contribution in [3.63, 3.8) is 0 Å². The van der Waals surface area contributed by atoms with Crippen molar-refractivity contribution in [1.29, 1.82) is 0 Å². The molecule has 0 spiro atoms. The standard InChI is InChI=1S/C17H24N6O2S/c1-9-10(2)19-16-20-17(21-23(16)11(9)3)26-12(4)15(25)22-7-5-13(6-8-22)14(18)24/h12-13H,5-8H2,1-4H3,(H2,18,24). The van der Waals surface area contributed by atoms with Gasteiger partial charge in [0.2, 0.25) is 17.0 Å². The number of piperidine rings is 1. The van der Waals surface area contributed by atoms with Crippen LogP contribution in [0.25, 0.3) is 5.78 Å². The van der Waals surface area contributed by atoms with E-state index < -0.39 is 0 Å². The van der Waals surface area contributed by atoms with Gasteiger partial charge in [-0.1, -0.05) is 11.8 Å². The number of primary amides is 1. The first-order valence-corrected chi connectivity index (χ1v) is 9.61. The number of hydrogen-bond donors (Lipinski definition) is 1. The molecule has 26 heavy (non-hydrogen) atoms. The molecule has 1 atom stereocenters. The van der Waals surface area contributed by atoms with Gasteiger partial charge in [-0.2, -0.15) is 4.98 Å². The predicted octanol–water partition coefficient (Wildman–Crippen LogP) is 1.25. The molecule has 1 saturated heterocycles. The summed E-state index contributed by atoms with van der Waals surface area (Å²) in [6.07, 6.45) is 1.26. The second-order valence-corrected chi connectivity index (χ2v) is 8.08. The Morgan fingerprint density at radius 1 is 1.19 bits per heavy atom. The molecule has 0 saturated carbocycles. The van der Waals surface area contributed by atoms with Crippen LogP contribution in [0.1, 0.15) is 36.7 Å². The number of aromatic nitrogens is 4. The number of carbonyl (C=O) groups excluding carboxylic acids is 2. The summed E-state index contributed by atoms with van der Waals surface area (Å²) in [5.41, 5.74) is 8.36. The van der Waals surface area contributed by atoms with Crippen LogP contribution in [0.4, 0.5) is 0 Å². The molecule has 2 aromatic heterocycles. The van der Waals surface area contributed by atoms with E-state index in [0.717, 1.165) is 17.0 Å². The molecular formula is C17H24N6O2S. The summed E-state index contributed by atoms with van der Waals surface area (Å²) in [6, 6.07) is 0. The third-order valence-corrected chi connectivity index (χ3v) is 6.02. The molecule has 9 heteroatoms. The van der Waals surface area contributed by atoms with Crippen LogP contribution in [-0.2, 0) is 9.59 Å². The molecule has 1 aliphatic rings. The number of aryl methyl sites for hydroxylation is 2. The summed E-state index contributed by atoms with van der Waals surface area (Å²) in [5, 5.41) is 4.73. The Morgan fingerprint density at radius 2 is 1.85 bits per heavy atom. The average molecular weight is 376 g/mol. The first kappa shape index (κ1) is 18.6. The van der Waals surface area contributed by atoms with E-state index in [1.165, 1.54) is 11.8 Å². The Morgan fingerprint density at radius 3 is 2.46 bits per heavy atom. The van der Waals surface area contributed by atoms with Gasteiger partial charge in [0.1, 0.15) is 0 Å². The Labute approximate surface area is 156 Å². The molecule has 3 heterocycles. The minimum absolute atomic E-state index is 0.0359. The first-order chi connectivity index (χ1) is 12.3. The molecular weight excluding hydrogens is 352 g/mol. The maximum absolute atomic E-state index is 12.7. The lowest BCUT2D eigenvalue weighted by molar-refractivity contribution is -0.134. The topological polar surface area (TPSA) is 106 Å². The highest BCUT2D eigenvalue weighted by Gasteiger charge is 2.29. The van der Waals surface area contributed by atoms with Crippen molar-refractivity contribution in [2.75, 3.05) is 13.1 Å². The van der Waals surface area contributed by atoms with Gasteiger partial charge >= 0.3 is 0 Å². The second-order valence-electron chi connectivity index (χ2n) is 6.78. The summed E-state index contributed by atoms with van der Waals surface area (Å²) in [6.45, 7) is 8.93. The summed E-state index contributed by atoms with van der Waals surface area (Å²) >= 11 is 1.33. The van der Waals surface area contributed by atoms with Crippen LogP contribution in [0, 0.1) is 26.7 Å². The minimum atomic E-state index is -0.306. The van der Waals surface area contributed by atoms with Gasteiger partial charge in [-0.3, -0.25) is 9.59 Å². The molecule has 0 aliphatic carbocycles. The third-order valence-electron chi connectivity index (χ3n) is 5.08. The fourth-order valence-corrected chi connectivity index (χ4v) is 3.97. The smallest absolute Gasteiger partial charge is 0.253 e. The quantitative estimate of drug-likeness (QED) is 0.805. The van der Waals surface area contributed by atoms with E-state index >= 15 is 0 Å². The number of rotatable bonds is 4. The van der Waals surface area contributed by atoms with E-state index in [0.29, 0.717) is 36.9 Å². The van der Waals surface area contributed by atoms with Crippen LogP contribution in [-0.4, -0.2) is 54.6 Å². The normalized spacial score (nSPS) is 16.8. The Bertz CT molecular complexity index is 857. The zero-order chi connectivity index (χ0) is 19.0.